The summed E-state index contributed by atoms with van der Waals surface area (Å²) in [6.07, 6.45) is -0.321. The van der Waals surface area contributed by atoms with E-state index < -0.39 is 55.8 Å². The maximum Gasteiger partial charge on any atom is 0.399 e. The number of carbonyl (C=O) groups excluding carboxylic acids is 3. The molecule has 26 heteroatoms. The van der Waals surface area contributed by atoms with Crippen molar-refractivity contribution in [1.29, 1.82) is 0 Å². The van der Waals surface area contributed by atoms with Gasteiger partial charge in [0.1, 0.15) is 36.5 Å². The van der Waals surface area contributed by atoms with Crippen LogP contribution in [0.3, 0.4) is 0 Å². The molecule has 1 saturated heterocycles. The first-order chi connectivity index (χ1) is 25.3. The Hall–Kier alpha value is -2.99. The molecular formula is C27H41N5O17P2S2. The summed E-state index contributed by atoms with van der Waals surface area (Å²) in [7, 11) is -8.04. The molecule has 3 rings (SSSR count). The largest absolute Gasteiger partial charge is 0.477 e. The molecule has 0 radical (unpaired) electrons. The molecule has 0 aromatic carbocycles. The maximum atomic E-state index is 13.9. The molecular weight excluding hydrogens is 792 g/mol. The van der Waals surface area contributed by atoms with E-state index in [0.717, 1.165) is 16.2 Å². The van der Waals surface area contributed by atoms with Crippen LogP contribution in [-0.2, 0) is 76.1 Å². The number of nitrogens with one attached hydrogen (secondary N) is 2. The number of hydrogen-bond donors (Lipinski definition) is 3. The van der Waals surface area contributed by atoms with Gasteiger partial charge in [-0.2, -0.15) is 0 Å². The molecule has 0 saturated carbocycles. The standard InChI is InChI=1S/C27H41N5O17P2S2/c1-7-42-46-50(38,47-43-8-2)19(51(39,48-44-9-3)49-45-10-4)11-12-28-27-29-18(15-53-27)20(31-40-6)23(34)30-21-24(35)32-22(26(36)37)17(13-41-16(5)33)14-52-25(21)32/h15,19,21,25H,7-14H2,1-6H3,(H,28,29)(H,30,34)(H,36,37)/t21-,25+/m1/s1. The number of carbonyl (C=O) groups is 4. The SMILES string of the molecule is CCOOP(=O)(OOCC)C(CCNc1nc(C(=NOC)C(=O)N[C@@H]2C(=O)N3C(C(=O)O)=C(COC(C)=O)CS[C@@H]23)cs1)P(=O)(OOCC)OOCC. The summed E-state index contributed by atoms with van der Waals surface area (Å²) in [6.45, 7) is 6.64. The first kappa shape index (κ1) is 44.4. The fourth-order valence-electron chi connectivity index (χ4n) is 4.48. The molecule has 0 bridgehead atoms. The fourth-order valence-corrected chi connectivity index (χ4v) is 10.7. The number of hydrogen-bond acceptors (Lipinski definition) is 21. The van der Waals surface area contributed by atoms with Gasteiger partial charge in [-0.1, -0.05) is 5.16 Å². The molecule has 0 unspecified atom stereocenters. The lowest BCUT2D eigenvalue weighted by Gasteiger charge is -2.49. The number of thioether (sulfide) groups is 1. The molecule has 1 aromatic heterocycles. The zero-order chi connectivity index (χ0) is 39.2. The third-order valence-corrected chi connectivity index (χ3v) is 13.7. The van der Waals surface area contributed by atoms with Crippen LogP contribution in [0.2, 0.25) is 0 Å². The van der Waals surface area contributed by atoms with E-state index in [1.165, 1.54) is 31.2 Å². The average molecular weight is 834 g/mol. The molecule has 22 nitrogen and oxygen atoms in total. The Bertz CT molecular complexity index is 1550. The molecule has 2 amide bonds. The van der Waals surface area contributed by atoms with Gasteiger partial charge in [0.2, 0.25) is 0 Å². The molecule has 0 aliphatic carbocycles. The predicted octanol–water partition coefficient (Wildman–Crippen LogP) is 3.18. The van der Waals surface area contributed by atoms with Crippen LogP contribution in [0.15, 0.2) is 21.8 Å². The van der Waals surface area contributed by atoms with E-state index in [2.05, 4.69) is 20.8 Å². The number of aliphatic carboxylic acids is 1. The van der Waals surface area contributed by atoms with E-state index >= 15 is 0 Å². The van der Waals surface area contributed by atoms with Gasteiger partial charge in [-0.15, -0.1) is 41.8 Å². The zero-order valence-corrected chi connectivity index (χ0v) is 32.9. The minimum atomic E-state index is -4.62. The number of nitrogens with zero attached hydrogens (tertiary/aromatic N) is 3. The number of carboxylic acid groups (broad SMARTS) is 1. The lowest BCUT2D eigenvalue weighted by molar-refractivity contribution is -0.272. The first-order valence-corrected chi connectivity index (χ1v) is 21.0. The van der Waals surface area contributed by atoms with Gasteiger partial charge < -0.3 is 25.3 Å². The van der Waals surface area contributed by atoms with E-state index in [4.69, 9.17) is 47.8 Å². The monoisotopic (exact) mass is 833 g/mol. The lowest BCUT2D eigenvalue weighted by atomic mass is 10.0. The molecule has 3 heterocycles. The van der Waals surface area contributed by atoms with Crippen molar-refractivity contribution in [3.05, 3.63) is 22.3 Å². The Morgan fingerprint density at radius 3 is 2.08 bits per heavy atom. The minimum absolute atomic E-state index is 0.0261. The summed E-state index contributed by atoms with van der Waals surface area (Å²) in [4.78, 5) is 79.5. The van der Waals surface area contributed by atoms with Gasteiger partial charge in [0.15, 0.2) is 16.2 Å². The van der Waals surface area contributed by atoms with Crippen molar-refractivity contribution in [1.82, 2.24) is 15.2 Å². The molecule has 53 heavy (non-hydrogen) atoms. The Morgan fingerprint density at radius 1 is 1.02 bits per heavy atom. The number of esters is 1. The van der Waals surface area contributed by atoms with Crippen molar-refractivity contribution >= 4 is 72.9 Å². The van der Waals surface area contributed by atoms with Gasteiger partial charge in [0.25, 0.3) is 11.8 Å². The van der Waals surface area contributed by atoms with E-state index in [9.17, 15) is 33.4 Å². The summed E-state index contributed by atoms with van der Waals surface area (Å²) < 4.78 is 52.9. The number of aromatic nitrogens is 1. The van der Waals surface area contributed by atoms with Crippen LogP contribution in [0.5, 0.6) is 0 Å². The average Bonchev–Trinajstić information content (AvgIpc) is 3.61. The quantitative estimate of drug-likeness (QED) is 0.0319. The highest BCUT2D eigenvalue weighted by Crippen LogP contribution is 2.71. The molecule has 3 N–H and O–H groups in total. The highest BCUT2D eigenvalue weighted by molar-refractivity contribution is 8.00. The lowest BCUT2D eigenvalue weighted by Crippen LogP contribution is -2.71. The highest BCUT2D eigenvalue weighted by atomic mass is 32.2. The number of fused-ring (bicyclic) bond motifs is 1. The van der Waals surface area contributed by atoms with Crippen molar-refractivity contribution in [2.45, 2.75) is 57.9 Å². The highest BCUT2D eigenvalue weighted by Gasteiger charge is 2.56. The van der Waals surface area contributed by atoms with Crippen molar-refractivity contribution in [3.8, 4) is 0 Å². The normalized spacial score (nSPS) is 17.8. The van der Waals surface area contributed by atoms with Crippen LogP contribution in [0.4, 0.5) is 5.13 Å². The van der Waals surface area contributed by atoms with Gasteiger partial charge in [-0.3, -0.25) is 28.4 Å². The van der Waals surface area contributed by atoms with E-state index in [1.54, 1.807) is 27.7 Å². The smallest absolute Gasteiger partial charge is 0.399 e. The summed E-state index contributed by atoms with van der Waals surface area (Å²) >= 11 is 2.20. The number of oxime groups is 1. The summed E-state index contributed by atoms with van der Waals surface area (Å²) in [5.74, 6) is -3.41. The number of amides is 2. The Balaban J connectivity index is 1.77. The summed E-state index contributed by atoms with van der Waals surface area (Å²) in [5, 5.41) is 18.2. The number of β-lactam (4-membered cyclic amide) rings is 1. The van der Waals surface area contributed by atoms with Crippen molar-refractivity contribution in [2.24, 2.45) is 5.16 Å². The predicted molar refractivity (Wildman–Crippen MR) is 185 cm³/mol. The van der Waals surface area contributed by atoms with Crippen molar-refractivity contribution in [3.63, 3.8) is 0 Å². The van der Waals surface area contributed by atoms with E-state index in [1.807, 2.05) is 0 Å². The third-order valence-electron chi connectivity index (χ3n) is 6.64. The molecule has 2 atom stereocenters. The summed E-state index contributed by atoms with van der Waals surface area (Å²) in [5.41, 5.74) is -0.367. The topological polar surface area (TPSA) is 268 Å². The maximum absolute atomic E-state index is 13.9. The van der Waals surface area contributed by atoms with Crippen LogP contribution < -0.4 is 10.6 Å². The second-order valence-corrected chi connectivity index (χ2v) is 16.6. The van der Waals surface area contributed by atoms with Crippen LogP contribution in [-0.4, -0.2) is 114 Å². The molecule has 298 valence electrons. The van der Waals surface area contributed by atoms with Crippen LogP contribution in [0.1, 0.15) is 46.7 Å². The number of anilines is 1. The second-order valence-electron chi connectivity index (χ2n) is 10.3. The fraction of sp³-hybridized carbons (Fsp3) is 0.630. The van der Waals surface area contributed by atoms with Crippen molar-refractivity contribution < 1.29 is 81.2 Å². The molecule has 1 aromatic rings. The Labute approximate surface area is 311 Å². The third kappa shape index (κ3) is 11.5. The number of rotatable bonds is 25. The Morgan fingerprint density at radius 2 is 1.58 bits per heavy atom. The van der Waals surface area contributed by atoms with E-state index in [0.29, 0.717) is 0 Å². The van der Waals surface area contributed by atoms with Gasteiger partial charge >= 0.3 is 27.1 Å². The van der Waals surface area contributed by atoms with Gasteiger partial charge in [-0.25, -0.2) is 29.3 Å². The molecule has 2 aliphatic heterocycles. The molecule has 2 aliphatic rings. The van der Waals surface area contributed by atoms with Gasteiger partial charge in [0.05, 0.1) is 26.4 Å². The zero-order valence-electron chi connectivity index (χ0n) is 29.5. The van der Waals surface area contributed by atoms with Gasteiger partial charge in [0, 0.05) is 30.2 Å². The van der Waals surface area contributed by atoms with E-state index in [-0.39, 0.29) is 79.6 Å². The minimum Gasteiger partial charge on any atom is -0.477 e. The number of thiazole rings is 1. The first-order valence-electron chi connectivity index (χ1n) is 15.9. The number of carboxylic acids is 1. The van der Waals surface area contributed by atoms with Crippen molar-refractivity contribution in [2.75, 3.05) is 57.8 Å². The molecule has 0 spiro atoms. The summed E-state index contributed by atoms with van der Waals surface area (Å²) in [6, 6.07) is -1.12. The molecule has 1 fully saturated rings. The van der Waals surface area contributed by atoms with Gasteiger partial charge in [-0.05, 0) is 34.1 Å². The van der Waals surface area contributed by atoms with Crippen LogP contribution in [0, 0.1) is 0 Å². The number of ether oxygens (including phenoxy) is 1. The Kier molecular flexibility index (Phi) is 17.8. The van der Waals surface area contributed by atoms with Crippen LogP contribution >= 0.6 is 38.3 Å². The second kappa shape index (κ2) is 21.2. The van der Waals surface area contributed by atoms with Crippen LogP contribution in [0.25, 0.3) is 0 Å².